The highest BCUT2D eigenvalue weighted by molar-refractivity contribution is 5.79. The number of nitrogens with one attached hydrogen (secondary N) is 1. The number of carbonyl (C=O) groups excluding carboxylic acids is 1. The van der Waals surface area contributed by atoms with Crippen molar-refractivity contribution in [3.8, 4) is 0 Å². The highest BCUT2D eigenvalue weighted by Gasteiger charge is 2.30. The van der Waals surface area contributed by atoms with E-state index in [0.717, 1.165) is 30.6 Å². The second-order valence-corrected chi connectivity index (χ2v) is 5.34. The first kappa shape index (κ1) is 13.1. The maximum absolute atomic E-state index is 11.9. The molecule has 3 rings (SSSR count). The van der Waals surface area contributed by atoms with Crippen LogP contribution in [0.5, 0.6) is 0 Å². The molecule has 0 radical (unpaired) electrons. The highest BCUT2D eigenvalue weighted by Crippen LogP contribution is 2.25. The Kier molecular flexibility index (Phi) is 3.69. The van der Waals surface area contributed by atoms with E-state index in [2.05, 4.69) is 10.3 Å². The third-order valence-corrected chi connectivity index (χ3v) is 3.91. The van der Waals surface area contributed by atoms with E-state index in [4.69, 9.17) is 0 Å². The van der Waals surface area contributed by atoms with Gasteiger partial charge in [0.15, 0.2) is 0 Å². The summed E-state index contributed by atoms with van der Waals surface area (Å²) in [6, 6.07) is 5.87. The molecule has 2 heterocycles. The molecule has 1 aliphatic carbocycles. The largest absolute Gasteiger partial charge is 0.392 e. The lowest BCUT2D eigenvalue weighted by Crippen LogP contribution is -2.35. The van der Waals surface area contributed by atoms with Crippen LogP contribution in [-0.2, 0) is 11.2 Å². The molecule has 1 aliphatic rings. The zero-order chi connectivity index (χ0) is 13.9. The summed E-state index contributed by atoms with van der Waals surface area (Å²) in [5.41, 5.74) is 1.88. The van der Waals surface area contributed by atoms with E-state index in [1.807, 2.05) is 35.0 Å². The molecule has 106 valence electrons. The van der Waals surface area contributed by atoms with Gasteiger partial charge in [0.1, 0.15) is 5.65 Å². The summed E-state index contributed by atoms with van der Waals surface area (Å²) < 4.78 is 1.97. The number of fused-ring (bicyclic) bond motifs is 1. The predicted molar refractivity (Wildman–Crippen MR) is 75.3 cm³/mol. The normalized spacial score (nSPS) is 22.2. The summed E-state index contributed by atoms with van der Waals surface area (Å²) >= 11 is 0. The second-order valence-electron chi connectivity index (χ2n) is 5.34. The lowest BCUT2D eigenvalue weighted by Gasteiger charge is -2.13. The van der Waals surface area contributed by atoms with Gasteiger partial charge in [0.25, 0.3) is 0 Å². The van der Waals surface area contributed by atoms with Crippen LogP contribution in [0.25, 0.3) is 5.65 Å². The van der Waals surface area contributed by atoms with Gasteiger partial charge in [-0.1, -0.05) is 6.07 Å². The van der Waals surface area contributed by atoms with Crippen molar-refractivity contribution in [1.82, 2.24) is 14.7 Å². The van der Waals surface area contributed by atoms with Crippen molar-refractivity contribution in [3.63, 3.8) is 0 Å². The molecule has 1 amide bonds. The van der Waals surface area contributed by atoms with Crippen LogP contribution >= 0.6 is 0 Å². The number of imidazole rings is 1. The van der Waals surface area contributed by atoms with Crippen molar-refractivity contribution in [1.29, 1.82) is 0 Å². The van der Waals surface area contributed by atoms with Crippen LogP contribution < -0.4 is 5.32 Å². The number of aromatic nitrogens is 2. The minimum atomic E-state index is -0.467. The molecule has 0 spiro atoms. The molecule has 2 aromatic heterocycles. The number of pyridine rings is 1. The first-order chi connectivity index (χ1) is 9.74. The van der Waals surface area contributed by atoms with E-state index >= 15 is 0 Å². The minimum absolute atomic E-state index is 0.0289. The Balaban J connectivity index is 1.53. The molecule has 5 nitrogen and oxygen atoms in total. The lowest BCUT2D eigenvalue weighted by molar-refractivity contribution is -0.127. The molecule has 1 fully saturated rings. The maximum Gasteiger partial charge on any atom is 0.225 e. The van der Waals surface area contributed by atoms with Gasteiger partial charge >= 0.3 is 0 Å². The second kappa shape index (κ2) is 5.63. The zero-order valence-electron chi connectivity index (χ0n) is 11.3. The first-order valence-electron chi connectivity index (χ1n) is 7.12. The molecule has 0 aliphatic heterocycles. The summed E-state index contributed by atoms with van der Waals surface area (Å²) in [6.07, 6.45) is 6.64. The molecule has 20 heavy (non-hydrogen) atoms. The van der Waals surface area contributed by atoms with E-state index in [1.54, 1.807) is 0 Å². The Labute approximate surface area is 117 Å². The van der Waals surface area contributed by atoms with Crippen LogP contribution in [0.15, 0.2) is 30.6 Å². The third-order valence-electron chi connectivity index (χ3n) is 3.91. The number of hydrogen-bond donors (Lipinski definition) is 2. The van der Waals surface area contributed by atoms with Crippen molar-refractivity contribution in [2.45, 2.75) is 31.8 Å². The fraction of sp³-hybridized carbons (Fsp3) is 0.467. The van der Waals surface area contributed by atoms with Crippen molar-refractivity contribution in [2.75, 3.05) is 6.54 Å². The number of aliphatic hydroxyl groups excluding tert-OH is 1. The summed E-state index contributed by atoms with van der Waals surface area (Å²) in [5, 5.41) is 12.6. The zero-order valence-corrected chi connectivity index (χ0v) is 11.3. The van der Waals surface area contributed by atoms with Crippen LogP contribution in [-0.4, -0.2) is 33.0 Å². The number of rotatable bonds is 4. The first-order valence-corrected chi connectivity index (χ1v) is 7.12. The number of nitrogens with zero attached hydrogens (tertiary/aromatic N) is 2. The third kappa shape index (κ3) is 2.67. The molecule has 0 bridgehead atoms. The minimum Gasteiger partial charge on any atom is -0.392 e. The van der Waals surface area contributed by atoms with Crippen LogP contribution in [0, 0.1) is 5.92 Å². The van der Waals surface area contributed by atoms with Crippen molar-refractivity contribution in [3.05, 3.63) is 36.3 Å². The average Bonchev–Trinajstić information content (AvgIpc) is 3.04. The highest BCUT2D eigenvalue weighted by atomic mass is 16.3. The average molecular weight is 273 g/mol. The van der Waals surface area contributed by atoms with E-state index in [1.165, 1.54) is 0 Å². The topological polar surface area (TPSA) is 66.6 Å². The molecule has 2 aromatic rings. The van der Waals surface area contributed by atoms with E-state index in [9.17, 15) is 9.90 Å². The summed E-state index contributed by atoms with van der Waals surface area (Å²) in [6.45, 7) is 0.561. The van der Waals surface area contributed by atoms with Crippen LogP contribution in [0.4, 0.5) is 0 Å². The maximum atomic E-state index is 11.9. The number of hydrogen-bond acceptors (Lipinski definition) is 3. The lowest BCUT2D eigenvalue weighted by atomic mass is 10.1. The fourth-order valence-corrected chi connectivity index (χ4v) is 2.80. The Morgan fingerprint density at radius 3 is 3.10 bits per heavy atom. The predicted octanol–water partition coefficient (Wildman–Crippen LogP) is 1.15. The van der Waals surface area contributed by atoms with Crippen LogP contribution in [0.1, 0.15) is 25.0 Å². The van der Waals surface area contributed by atoms with Gasteiger partial charge in [-0.3, -0.25) is 4.79 Å². The SMILES string of the molecule is O=C(NCCc1cn2ccccc2n1)C1CCCC1O. The summed E-state index contributed by atoms with van der Waals surface area (Å²) in [7, 11) is 0. The Morgan fingerprint density at radius 2 is 2.35 bits per heavy atom. The number of amides is 1. The molecule has 0 aromatic carbocycles. The quantitative estimate of drug-likeness (QED) is 0.878. The van der Waals surface area contributed by atoms with Gasteiger partial charge in [0.2, 0.25) is 5.91 Å². The summed E-state index contributed by atoms with van der Waals surface area (Å²) in [4.78, 5) is 16.4. The van der Waals surface area contributed by atoms with Gasteiger partial charge in [-0.15, -0.1) is 0 Å². The van der Waals surface area contributed by atoms with E-state index in [-0.39, 0.29) is 11.8 Å². The molecule has 2 unspecified atom stereocenters. The standard InChI is InChI=1S/C15H19N3O2/c19-13-5-3-4-12(13)15(20)16-8-7-11-10-18-9-2-1-6-14(18)17-11/h1-2,6,9-10,12-13,19H,3-5,7-8H2,(H,16,20). The molecule has 5 heteroatoms. The number of aliphatic hydroxyl groups is 1. The summed E-state index contributed by atoms with van der Waals surface area (Å²) in [5.74, 6) is -0.255. The van der Waals surface area contributed by atoms with Gasteiger partial charge in [-0.05, 0) is 31.4 Å². The van der Waals surface area contributed by atoms with Crippen molar-refractivity contribution in [2.24, 2.45) is 5.92 Å². The molecule has 2 N–H and O–H groups in total. The van der Waals surface area contributed by atoms with E-state index < -0.39 is 6.10 Å². The van der Waals surface area contributed by atoms with Crippen molar-refractivity contribution < 1.29 is 9.90 Å². The smallest absolute Gasteiger partial charge is 0.225 e. The Bertz CT molecular complexity index is 575. The van der Waals surface area contributed by atoms with Crippen LogP contribution in [0.3, 0.4) is 0 Å². The molecular weight excluding hydrogens is 254 g/mol. The Morgan fingerprint density at radius 1 is 1.45 bits per heavy atom. The van der Waals surface area contributed by atoms with Gasteiger partial charge < -0.3 is 14.8 Å². The number of carbonyl (C=O) groups is 1. The van der Waals surface area contributed by atoms with E-state index in [0.29, 0.717) is 13.0 Å². The van der Waals surface area contributed by atoms with Gasteiger partial charge in [0, 0.05) is 25.4 Å². The van der Waals surface area contributed by atoms with Gasteiger partial charge in [-0.25, -0.2) is 4.98 Å². The fourth-order valence-electron chi connectivity index (χ4n) is 2.80. The van der Waals surface area contributed by atoms with Gasteiger partial charge in [0.05, 0.1) is 17.7 Å². The Hall–Kier alpha value is -1.88. The van der Waals surface area contributed by atoms with Crippen LogP contribution in [0.2, 0.25) is 0 Å². The molecule has 2 atom stereocenters. The molecule has 1 saturated carbocycles. The monoisotopic (exact) mass is 273 g/mol. The molecular formula is C15H19N3O2. The molecule has 0 saturated heterocycles. The van der Waals surface area contributed by atoms with Gasteiger partial charge in [-0.2, -0.15) is 0 Å². The van der Waals surface area contributed by atoms with Crippen molar-refractivity contribution >= 4 is 11.6 Å².